The molecular weight excluding hydrogens is 662 g/mol. The minimum absolute atomic E-state index is 0.0461. The molecule has 0 aliphatic heterocycles. The van der Waals surface area contributed by atoms with E-state index in [9.17, 15) is 18.0 Å². The van der Waals surface area contributed by atoms with Crippen molar-refractivity contribution in [2.24, 2.45) is 0 Å². The molecule has 0 aromatic heterocycles. The zero-order valence-corrected chi connectivity index (χ0v) is 27.8. The number of hydrogen-bond donors (Lipinski definition) is 1. The lowest BCUT2D eigenvalue weighted by atomic mass is 10.1. The van der Waals surface area contributed by atoms with Gasteiger partial charge in [-0.2, -0.15) is 0 Å². The zero-order valence-electron chi connectivity index (χ0n) is 24.6. The van der Waals surface area contributed by atoms with Crippen molar-refractivity contribution in [1.29, 1.82) is 0 Å². The van der Waals surface area contributed by atoms with E-state index < -0.39 is 28.5 Å². The molecule has 0 aliphatic carbocycles. The average Bonchev–Trinajstić information content (AvgIpc) is 3.01. The van der Waals surface area contributed by atoms with Crippen LogP contribution in [0.2, 0.25) is 5.02 Å². The Labute approximate surface area is 266 Å². The van der Waals surface area contributed by atoms with Gasteiger partial charge in [-0.25, -0.2) is 8.42 Å². The number of sulfonamides is 1. The molecule has 0 heterocycles. The van der Waals surface area contributed by atoms with Crippen LogP contribution in [0.4, 0.5) is 5.69 Å². The van der Waals surface area contributed by atoms with Crippen LogP contribution in [0.15, 0.2) is 70.0 Å². The van der Waals surface area contributed by atoms with Gasteiger partial charge in [0.2, 0.25) is 11.8 Å². The fraction of sp³-hybridized carbons (Fsp3) is 0.333. The molecule has 3 aromatic rings. The maximum atomic E-state index is 14.3. The number of hydrogen-bond acceptors (Lipinski definition) is 7. The van der Waals surface area contributed by atoms with Crippen LogP contribution in [0.3, 0.4) is 0 Å². The Morgan fingerprint density at radius 2 is 1.56 bits per heavy atom. The molecule has 232 valence electrons. The summed E-state index contributed by atoms with van der Waals surface area (Å²) >= 11 is 9.70. The normalized spacial score (nSPS) is 11.8. The van der Waals surface area contributed by atoms with E-state index in [0.29, 0.717) is 18.7 Å². The first-order chi connectivity index (χ1) is 20.5. The highest BCUT2D eigenvalue weighted by Crippen LogP contribution is 2.37. The van der Waals surface area contributed by atoms with Gasteiger partial charge in [-0.3, -0.25) is 13.9 Å². The van der Waals surface area contributed by atoms with E-state index >= 15 is 0 Å². The summed E-state index contributed by atoms with van der Waals surface area (Å²) in [5, 5.41) is 3.05. The molecule has 10 nitrogen and oxygen atoms in total. The molecule has 1 N–H and O–H groups in total. The van der Waals surface area contributed by atoms with Gasteiger partial charge in [0.15, 0.2) is 11.5 Å². The van der Waals surface area contributed by atoms with Gasteiger partial charge in [0, 0.05) is 28.7 Å². The SMILES string of the molecule is CCCNC(=O)[C@H](C)N(Cc1ccc(Br)cc1)C(=O)CN(c1cc(Cl)ccc1OC)S(=O)(=O)c1ccc(OC)c(OC)c1. The van der Waals surface area contributed by atoms with Crippen molar-refractivity contribution in [3.05, 3.63) is 75.7 Å². The summed E-state index contributed by atoms with van der Waals surface area (Å²) < 4.78 is 46.3. The van der Waals surface area contributed by atoms with E-state index in [-0.39, 0.29) is 39.6 Å². The highest BCUT2D eigenvalue weighted by molar-refractivity contribution is 9.10. The molecule has 13 heteroatoms. The number of benzene rings is 3. The molecule has 3 aromatic carbocycles. The maximum absolute atomic E-state index is 14.3. The third kappa shape index (κ3) is 8.33. The number of nitrogens with zero attached hydrogens (tertiary/aromatic N) is 2. The first kappa shape index (κ1) is 34.0. The Kier molecular flexibility index (Phi) is 12.1. The number of rotatable bonds is 14. The van der Waals surface area contributed by atoms with Gasteiger partial charge < -0.3 is 24.4 Å². The fourth-order valence-electron chi connectivity index (χ4n) is 4.24. The lowest BCUT2D eigenvalue weighted by Crippen LogP contribution is -2.51. The highest BCUT2D eigenvalue weighted by atomic mass is 79.9. The van der Waals surface area contributed by atoms with Gasteiger partial charge in [-0.05, 0) is 61.4 Å². The Balaban J connectivity index is 2.13. The van der Waals surface area contributed by atoms with Crippen LogP contribution in [-0.4, -0.2) is 65.6 Å². The minimum Gasteiger partial charge on any atom is -0.495 e. The van der Waals surface area contributed by atoms with Gasteiger partial charge >= 0.3 is 0 Å². The highest BCUT2D eigenvalue weighted by Gasteiger charge is 2.34. The Bertz CT molecular complexity index is 1540. The second-order valence-corrected chi connectivity index (χ2v) is 12.7. The average molecular weight is 697 g/mol. The second kappa shape index (κ2) is 15.3. The maximum Gasteiger partial charge on any atom is 0.265 e. The molecule has 43 heavy (non-hydrogen) atoms. The van der Waals surface area contributed by atoms with Gasteiger partial charge in [0.05, 0.1) is 31.9 Å². The number of ether oxygens (including phenoxy) is 3. The fourth-order valence-corrected chi connectivity index (χ4v) is 6.10. The molecule has 0 saturated heterocycles. The monoisotopic (exact) mass is 695 g/mol. The van der Waals surface area contributed by atoms with Crippen LogP contribution in [0.5, 0.6) is 17.2 Å². The topological polar surface area (TPSA) is 114 Å². The zero-order chi connectivity index (χ0) is 31.7. The summed E-state index contributed by atoms with van der Waals surface area (Å²) in [6.45, 7) is 3.36. The summed E-state index contributed by atoms with van der Waals surface area (Å²) in [4.78, 5) is 28.3. The number of carbonyl (C=O) groups excluding carboxylic acids is 2. The molecule has 0 aliphatic rings. The molecular formula is C30H35BrClN3O7S. The Morgan fingerprint density at radius 1 is 0.930 bits per heavy atom. The predicted molar refractivity (Wildman–Crippen MR) is 170 cm³/mol. The largest absolute Gasteiger partial charge is 0.495 e. The number of nitrogens with one attached hydrogen (secondary N) is 1. The Hall–Kier alpha value is -3.48. The number of methoxy groups -OCH3 is 3. The van der Waals surface area contributed by atoms with E-state index in [0.717, 1.165) is 14.3 Å². The molecule has 2 amide bonds. The third-order valence-electron chi connectivity index (χ3n) is 6.61. The molecule has 1 atom stereocenters. The molecule has 0 unspecified atom stereocenters. The Morgan fingerprint density at radius 3 is 2.16 bits per heavy atom. The summed E-state index contributed by atoms with van der Waals surface area (Å²) in [6, 6.07) is 15.0. The van der Waals surface area contributed by atoms with Crippen LogP contribution >= 0.6 is 27.5 Å². The number of carbonyl (C=O) groups is 2. The van der Waals surface area contributed by atoms with Gasteiger partial charge in [-0.1, -0.05) is 46.6 Å². The van der Waals surface area contributed by atoms with Gasteiger partial charge in [-0.15, -0.1) is 0 Å². The number of amides is 2. The van der Waals surface area contributed by atoms with Crippen LogP contribution in [0.1, 0.15) is 25.8 Å². The van der Waals surface area contributed by atoms with Crippen molar-refractivity contribution in [2.75, 3.05) is 38.7 Å². The van der Waals surface area contributed by atoms with Crippen molar-refractivity contribution in [3.63, 3.8) is 0 Å². The number of halogens is 2. The van der Waals surface area contributed by atoms with Crippen molar-refractivity contribution in [3.8, 4) is 17.2 Å². The summed E-state index contributed by atoms with van der Waals surface area (Å²) in [5.74, 6) is -0.285. The van der Waals surface area contributed by atoms with E-state index in [1.54, 1.807) is 13.0 Å². The van der Waals surface area contributed by atoms with Crippen LogP contribution in [0, 0.1) is 0 Å². The van der Waals surface area contributed by atoms with E-state index in [1.165, 1.54) is 56.6 Å². The van der Waals surface area contributed by atoms with Crippen molar-refractivity contribution < 1.29 is 32.2 Å². The third-order valence-corrected chi connectivity index (χ3v) is 9.13. The molecule has 3 rings (SSSR count). The molecule has 0 bridgehead atoms. The van der Waals surface area contributed by atoms with E-state index in [1.807, 2.05) is 31.2 Å². The molecule has 0 saturated carbocycles. The smallest absolute Gasteiger partial charge is 0.265 e. The molecule has 0 fully saturated rings. The quantitative estimate of drug-likeness (QED) is 0.245. The predicted octanol–water partition coefficient (Wildman–Crippen LogP) is 5.27. The summed E-state index contributed by atoms with van der Waals surface area (Å²) in [6.07, 6.45) is 0.713. The minimum atomic E-state index is -4.42. The molecule has 0 spiro atoms. The van der Waals surface area contributed by atoms with Crippen molar-refractivity contribution in [2.45, 2.75) is 37.8 Å². The second-order valence-electron chi connectivity index (χ2n) is 9.46. The lowest BCUT2D eigenvalue weighted by molar-refractivity contribution is -0.139. The van der Waals surface area contributed by atoms with E-state index in [4.69, 9.17) is 25.8 Å². The van der Waals surface area contributed by atoms with E-state index in [2.05, 4.69) is 21.2 Å². The standard InChI is InChI=1S/C30H35BrClN3O7S/c1-6-15-33-30(37)20(2)34(18-21-7-9-22(31)10-8-21)29(36)19-35(25-16-23(32)11-13-26(25)40-3)43(38,39)24-12-14-27(41-4)28(17-24)42-5/h7-14,16-17,20H,6,15,18-19H2,1-5H3,(H,33,37)/t20-/m0/s1. The number of anilines is 1. The summed E-state index contributed by atoms with van der Waals surface area (Å²) in [5.41, 5.74) is 0.797. The molecule has 0 radical (unpaired) electrons. The van der Waals surface area contributed by atoms with Crippen LogP contribution in [-0.2, 0) is 26.2 Å². The lowest BCUT2D eigenvalue weighted by Gasteiger charge is -2.32. The van der Waals surface area contributed by atoms with Crippen molar-refractivity contribution in [1.82, 2.24) is 10.2 Å². The first-order valence-corrected chi connectivity index (χ1v) is 16.0. The van der Waals surface area contributed by atoms with Gasteiger partial charge in [0.1, 0.15) is 18.3 Å². The summed E-state index contributed by atoms with van der Waals surface area (Å²) in [7, 11) is -0.213. The van der Waals surface area contributed by atoms with Crippen LogP contribution < -0.4 is 23.8 Å². The van der Waals surface area contributed by atoms with Crippen LogP contribution in [0.25, 0.3) is 0 Å². The van der Waals surface area contributed by atoms with Crippen molar-refractivity contribution >= 4 is 55.1 Å². The van der Waals surface area contributed by atoms with Gasteiger partial charge in [0.25, 0.3) is 10.0 Å². The first-order valence-electron chi connectivity index (χ1n) is 13.4.